The van der Waals surface area contributed by atoms with Crippen LogP contribution in [0, 0.1) is 0 Å². The molecule has 0 aliphatic heterocycles. The number of nitrogens with zero attached hydrogens (tertiary/aromatic N) is 3. The van der Waals surface area contributed by atoms with Gasteiger partial charge in [0.05, 0.1) is 5.75 Å². The molecular formula is C15H17F3N4O2S. The van der Waals surface area contributed by atoms with Crippen LogP contribution in [0.1, 0.15) is 19.0 Å². The number of alkyl halides is 3. The predicted octanol–water partition coefficient (Wildman–Crippen LogP) is 2.79. The number of sulfone groups is 1. The van der Waals surface area contributed by atoms with Crippen molar-refractivity contribution in [2.75, 3.05) is 17.3 Å². The van der Waals surface area contributed by atoms with Gasteiger partial charge in [0.2, 0.25) is 0 Å². The van der Waals surface area contributed by atoms with E-state index in [1.807, 2.05) is 0 Å². The Hall–Kier alpha value is -2.23. The van der Waals surface area contributed by atoms with Crippen molar-refractivity contribution in [2.24, 2.45) is 0 Å². The van der Waals surface area contributed by atoms with E-state index in [0.717, 1.165) is 12.3 Å². The molecule has 0 bridgehead atoms. The number of anilines is 1. The Morgan fingerprint density at radius 3 is 2.56 bits per heavy atom. The Labute approximate surface area is 143 Å². The molecule has 25 heavy (non-hydrogen) atoms. The van der Waals surface area contributed by atoms with Crippen LogP contribution in [0.15, 0.2) is 30.6 Å². The van der Waals surface area contributed by atoms with Crippen molar-refractivity contribution in [3.63, 3.8) is 0 Å². The summed E-state index contributed by atoms with van der Waals surface area (Å²) in [5, 5.41) is 2.80. The fourth-order valence-corrected chi connectivity index (χ4v) is 2.79. The Morgan fingerprint density at radius 2 is 2.00 bits per heavy atom. The molecule has 0 aromatic carbocycles. The summed E-state index contributed by atoms with van der Waals surface area (Å²) < 4.78 is 61.7. The molecule has 0 saturated heterocycles. The molecule has 2 heterocycles. The minimum Gasteiger partial charge on any atom is -0.367 e. The van der Waals surface area contributed by atoms with Gasteiger partial charge >= 0.3 is 6.18 Å². The van der Waals surface area contributed by atoms with Crippen LogP contribution >= 0.6 is 0 Å². The zero-order chi connectivity index (χ0) is 18.7. The number of aromatic nitrogens is 3. The molecule has 2 aromatic heterocycles. The summed E-state index contributed by atoms with van der Waals surface area (Å²) in [4.78, 5) is 11.5. The summed E-state index contributed by atoms with van der Waals surface area (Å²) >= 11 is 0. The maximum Gasteiger partial charge on any atom is 0.433 e. The topological polar surface area (TPSA) is 84.8 Å². The van der Waals surface area contributed by atoms with E-state index < -0.39 is 21.7 Å². The third-order valence-corrected chi connectivity index (χ3v) is 4.23. The zero-order valence-corrected chi connectivity index (χ0v) is 14.4. The first kappa shape index (κ1) is 19.1. The standard InChI is InChI=1S/C15H17F3N4O2S/c1-10(5-7-25(2,23)24)20-13-8-12(15(16,17)18)21-14(22-13)11-4-3-6-19-9-11/h3-4,6,8-10H,5,7H2,1-2H3,(H,20,21,22). The highest BCUT2D eigenvalue weighted by Gasteiger charge is 2.34. The third-order valence-electron chi connectivity index (χ3n) is 3.25. The third kappa shape index (κ3) is 5.96. The average Bonchev–Trinajstić information content (AvgIpc) is 2.52. The van der Waals surface area contributed by atoms with Crippen LogP contribution in [0.25, 0.3) is 11.4 Å². The lowest BCUT2D eigenvalue weighted by Gasteiger charge is -2.16. The van der Waals surface area contributed by atoms with E-state index in [9.17, 15) is 21.6 Å². The molecule has 0 aliphatic carbocycles. The van der Waals surface area contributed by atoms with Crippen LogP contribution < -0.4 is 5.32 Å². The summed E-state index contributed by atoms with van der Waals surface area (Å²) in [5.41, 5.74) is -0.736. The van der Waals surface area contributed by atoms with E-state index in [2.05, 4.69) is 20.3 Å². The summed E-state index contributed by atoms with van der Waals surface area (Å²) in [6.45, 7) is 1.67. The summed E-state index contributed by atoms with van der Waals surface area (Å²) in [6, 6.07) is 3.55. The fraction of sp³-hybridized carbons (Fsp3) is 0.400. The highest BCUT2D eigenvalue weighted by atomic mass is 32.2. The monoisotopic (exact) mass is 374 g/mol. The SMILES string of the molecule is CC(CCS(C)(=O)=O)Nc1cc(C(F)(F)F)nc(-c2cccnc2)n1. The van der Waals surface area contributed by atoms with Crippen LogP contribution in [0.2, 0.25) is 0 Å². The predicted molar refractivity (Wildman–Crippen MR) is 87.7 cm³/mol. The normalized spacial score (nSPS) is 13.5. The summed E-state index contributed by atoms with van der Waals surface area (Å²) in [7, 11) is -3.16. The minimum atomic E-state index is -4.63. The lowest BCUT2D eigenvalue weighted by Crippen LogP contribution is -2.21. The highest BCUT2D eigenvalue weighted by Crippen LogP contribution is 2.30. The molecular weight excluding hydrogens is 357 g/mol. The van der Waals surface area contributed by atoms with Crippen LogP contribution in [-0.2, 0) is 16.0 Å². The Kier molecular flexibility index (Phi) is 5.61. The minimum absolute atomic E-state index is 0.0258. The first-order chi connectivity index (χ1) is 11.5. The van der Waals surface area contributed by atoms with Gasteiger partial charge in [0.15, 0.2) is 11.5 Å². The number of hydrogen-bond donors (Lipinski definition) is 1. The van der Waals surface area contributed by atoms with Gasteiger partial charge in [0, 0.05) is 36.3 Å². The van der Waals surface area contributed by atoms with Gasteiger partial charge in [-0.05, 0) is 25.5 Å². The second-order valence-corrected chi connectivity index (χ2v) is 7.93. The molecule has 0 spiro atoms. The molecule has 6 nitrogen and oxygen atoms in total. The lowest BCUT2D eigenvalue weighted by molar-refractivity contribution is -0.141. The largest absolute Gasteiger partial charge is 0.433 e. The molecule has 0 radical (unpaired) electrons. The molecule has 2 rings (SSSR count). The summed E-state index contributed by atoms with van der Waals surface area (Å²) in [5.74, 6) is -0.212. The van der Waals surface area contributed by atoms with Gasteiger partial charge in [0.25, 0.3) is 0 Å². The van der Waals surface area contributed by atoms with Gasteiger partial charge in [-0.1, -0.05) is 0 Å². The quantitative estimate of drug-likeness (QED) is 0.837. The molecule has 2 aromatic rings. The van der Waals surface area contributed by atoms with Crippen molar-refractivity contribution >= 4 is 15.7 Å². The van der Waals surface area contributed by atoms with E-state index in [1.54, 1.807) is 19.1 Å². The Bertz CT molecular complexity index is 826. The van der Waals surface area contributed by atoms with Crippen molar-refractivity contribution in [1.29, 1.82) is 0 Å². The van der Waals surface area contributed by atoms with E-state index in [1.165, 1.54) is 12.4 Å². The van der Waals surface area contributed by atoms with Crippen molar-refractivity contribution in [1.82, 2.24) is 15.0 Å². The Morgan fingerprint density at radius 1 is 1.28 bits per heavy atom. The van der Waals surface area contributed by atoms with Crippen molar-refractivity contribution in [2.45, 2.75) is 25.6 Å². The van der Waals surface area contributed by atoms with Crippen LogP contribution in [0.3, 0.4) is 0 Å². The molecule has 1 atom stereocenters. The second kappa shape index (κ2) is 7.34. The van der Waals surface area contributed by atoms with Crippen LogP contribution in [0.4, 0.5) is 19.0 Å². The number of rotatable bonds is 6. The van der Waals surface area contributed by atoms with Crippen LogP contribution in [-0.4, -0.2) is 41.4 Å². The van der Waals surface area contributed by atoms with Crippen molar-refractivity contribution in [3.05, 3.63) is 36.3 Å². The van der Waals surface area contributed by atoms with Crippen molar-refractivity contribution in [3.8, 4) is 11.4 Å². The Balaban J connectivity index is 2.31. The first-order valence-corrected chi connectivity index (χ1v) is 9.41. The van der Waals surface area contributed by atoms with Gasteiger partial charge in [-0.3, -0.25) is 4.98 Å². The van der Waals surface area contributed by atoms with Gasteiger partial charge in [0.1, 0.15) is 15.7 Å². The lowest BCUT2D eigenvalue weighted by atomic mass is 10.2. The number of pyridine rings is 1. The van der Waals surface area contributed by atoms with Gasteiger partial charge in [-0.15, -0.1) is 0 Å². The van der Waals surface area contributed by atoms with Gasteiger partial charge in [-0.2, -0.15) is 13.2 Å². The highest BCUT2D eigenvalue weighted by molar-refractivity contribution is 7.90. The zero-order valence-electron chi connectivity index (χ0n) is 13.6. The van der Waals surface area contributed by atoms with Crippen molar-refractivity contribution < 1.29 is 21.6 Å². The van der Waals surface area contributed by atoms with Gasteiger partial charge < -0.3 is 5.32 Å². The molecule has 0 aliphatic rings. The molecule has 1 N–H and O–H groups in total. The molecule has 136 valence electrons. The van der Waals surface area contributed by atoms with Gasteiger partial charge in [-0.25, -0.2) is 18.4 Å². The smallest absolute Gasteiger partial charge is 0.367 e. The molecule has 0 fully saturated rings. The second-order valence-electron chi connectivity index (χ2n) is 5.67. The van der Waals surface area contributed by atoms with E-state index in [0.29, 0.717) is 5.56 Å². The number of nitrogens with one attached hydrogen (secondary N) is 1. The molecule has 0 saturated carbocycles. The fourth-order valence-electron chi connectivity index (χ4n) is 2.01. The van der Waals surface area contributed by atoms with E-state index >= 15 is 0 Å². The number of halogens is 3. The molecule has 1 unspecified atom stereocenters. The van der Waals surface area contributed by atoms with E-state index in [4.69, 9.17) is 0 Å². The maximum absolute atomic E-state index is 13.1. The van der Waals surface area contributed by atoms with E-state index in [-0.39, 0.29) is 29.9 Å². The molecule has 0 amide bonds. The molecule has 10 heteroatoms. The maximum atomic E-state index is 13.1. The number of hydrogen-bond acceptors (Lipinski definition) is 6. The first-order valence-electron chi connectivity index (χ1n) is 7.35. The summed E-state index contributed by atoms with van der Waals surface area (Å²) in [6.07, 6.45) is -0.429. The van der Waals surface area contributed by atoms with Crippen LogP contribution in [0.5, 0.6) is 0 Å². The average molecular weight is 374 g/mol.